The lowest BCUT2D eigenvalue weighted by atomic mass is 9.69. The van der Waals surface area contributed by atoms with E-state index in [1.807, 2.05) is 13.1 Å². The van der Waals surface area contributed by atoms with Gasteiger partial charge in [0.25, 0.3) is 0 Å². The van der Waals surface area contributed by atoms with Crippen LogP contribution in [0.4, 0.5) is 0 Å². The second kappa shape index (κ2) is 11.2. The highest BCUT2D eigenvalue weighted by molar-refractivity contribution is 5.79. The van der Waals surface area contributed by atoms with E-state index in [9.17, 15) is 0 Å². The summed E-state index contributed by atoms with van der Waals surface area (Å²) in [6.45, 7) is 3.33. The topological polar surface area (TPSA) is 67.4 Å². The number of hydrogen-bond acceptors (Lipinski definition) is 5. The fraction of sp³-hybridized carbons (Fsp3) is 0.720. The van der Waals surface area contributed by atoms with Gasteiger partial charge in [0.2, 0.25) is 0 Å². The number of methoxy groups -OCH3 is 2. The number of rotatable bonds is 8. The largest absolute Gasteiger partial charge is 0.493 e. The van der Waals surface area contributed by atoms with Gasteiger partial charge in [-0.05, 0) is 57.5 Å². The molecule has 1 saturated heterocycles. The number of hydrogen-bond donors (Lipinski definition) is 2. The molecule has 2 N–H and O–H groups in total. The molecule has 180 valence electrons. The van der Waals surface area contributed by atoms with E-state index in [1.54, 1.807) is 14.2 Å². The average molecular weight is 447 g/mol. The zero-order valence-corrected chi connectivity index (χ0v) is 20.6. The molecule has 0 aromatic heterocycles. The molecular formula is C25H42N4O3. The lowest BCUT2D eigenvalue weighted by Gasteiger charge is -2.43. The van der Waals surface area contributed by atoms with E-state index in [1.165, 1.54) is 24.8 Å². The molecule has 7 nitrogen and oxygen atoms in total. The summed E-state index contributed by atoms with van der Waals surface area (Å²) in [7, 11) is 9.57. The normalized spacial score (nSPS) is 20.6. The Morgan fingerprint density at radius 1 is 0.969 bits per heavy atom. The van der Waals surface area contributed by atoms with Gasteiger partial charge in [0, 0.05) is 44.3 Å². The van der Waals surface area contributed by atoms with Crippen LogP contribution < -0.4 is 20.1 Å². The van der Waals surface area contributed by atoms with Crippen molar-refractivity contribution >= 4 is 5.96 Å². The Bertz CT molecular complexity index is 754. The van der Waals surface area contributed by atoms with E-state index in [4.69, 9.17) is 14.2 Å². The van der Waals surface area contributed by atoms with Crippen LogP contribution >= 0.6 is 0 Å². The Kier molecular flexibility index (Phi) is 8.65. The van der Waals surface area contributed by atoms with Crippen LogP contribution in [0.1, 0.15) is 50.5 Å². The van der Waals surface area contributed by atoms with E-state index in [2.05, 4.69) is 46.8 Å². The van der Waals surface area contributed by atoms with Crippen molar-refractivity contribution in [2.24, 2.45) is 4.99 Å². The van der Waals surface area contributed by atoms with Gasteiger partial charge in [-0.3, -0.25) is 4.99 Å². The first-order valence-corrected chi connectivity index (χ1v) is 11.9. The van der Waals surface area contributed by atoms with Crippen molar-refractivity contribution in [1.29, 1.82) is 0 Å². The molecule has 0 bridgehead atoms. The van der Waals surface area contributed by atoms with Crippen LogP contribution in [-0.4, -0.2) is 78.1 Å². The van der Waals surface area contributed by atoms with Crippen molar-refractivity contribution in [2.45, 2.75) is 55.9 Å². The Balaban J connectivity index is 1.72. The summed E-state index contributed by atoms with van der Waals surface area (Å²) >= 11 is 0. The third-order valence-corrected chi connectivity index (χ3v) is 7.58. The van der Waals surface area contributed by atoms with Crippen LogP contribution in [-0.2, 0) is 10.2 Å². The monoisotopic (exact) mass is 446 g/mol. The second-order valence-corrected chi connectivity index (χ2v) is 9.42. The number of guanidine groups is 1. The van der Waals surface area contributed by atoms with Gasteiger partial charge >= 0.3 is 0 Å². The first kappa shape index (κ1) is 24.6. The van der Waals surface area contributed by atoms with Crippen LogP contribution in [0.2, 0.25) is 0 Å². The van der Waals surface area contributed by atoms with Gasteiger partial charge in [-0.25, -0.2) is 0 Å². The number of nitrogens with zero attached hydrogens (tertiary/aromatic N) is 2. The molecule has 2 aliphatic rings. The summed E-state index contributed by atoms with van der Waals surface area (Å²) in [6, 6.07) is 6.39. The minimum Gasteiger partial charge on any atom is -0.493 e. The summed E-state index contributed by atoms with van der Waals surface area (Å²) in [4.78, 5) is 6.87. The quantitative estimate of drug-likeness (QED) is 0.472. The third kappa shape index (κ3) is 5.49. The Labute approximate surface area is 193 Å². The highest BCUT2D eigenvalue weighted by Gasteiger charge is 2.36. The highest BCUT2D eigenvalue weighted by Crippen LogP contribution is 2.42. The smallest absolute Gasteiger partial charge is 0.191 e. The Morgan fingerprint density at radius 3 is 2.22 bits per heavy atom. The number of benzene rings is 1. The van der Waals surface area contributed by atoms with Crippen LogP contribution in [0.3, 0.4) is 0 Å². The molecule has 1 aliphatic heterocycles. The average Bonchev–Trinajstić information content (AvgIpc) is 2.84. The zero-order chi connectivity index (χ0) is 23.0. The van der Waals surface area contributed by atoms with E-state index in [-0.39, 0.29) is 11.0 Å². The fourth-order valence-corrected chi connectivity index (χ4v) is 5.22. The molecule has 0 spiro atoms. The predicted molar refractivity (Wildman–Crippen MR) is 130 cm³/mol. The van der Waals surface area contributed by atoms with Crippen molar-refractivity contribution in [2.75, 3.05) is 61.7 Å². The van der Waals surface area contributed by atoms with Crippen molar-refractivity contribution in [3.05, 3.63) is 23.8 Å². The molecule has 2 fully saturated rings. The standard InChI is InChI=1S/C25H42N4O3/c1-26-23(28-19-25(29(2)3)13-15-32-16-14-25)27-18-24(11-7-6-8-12-24)20-9-10-21(30-4)22(17-20)31-5/h9-10,17H,6-8,11-16,18-19H2,1-5H3,(H2,26,27,28). The molecule has 7 heteroatoms. The van der Waals surface area contributed by atoms with Gasteiger partial charge in [-0.1, -0.05) is 25.3 Å². The van der Waals surface area contributed by atoms with Crippen molar-refractivity contribution in [3.8, 4) is 11.5 Å². The molecule has 0 amide bonds. The Morgan fingerprint density at radius 2 is 1.62 bits per heavy atom. The van der Waals surface area contributed by atoms with E-state index in [0.29, 0.717) is 0 Å². The van der Waals surface area contributed by atoms with Crippen molar-refractivity contribution in [1.82, 2.24) is 15.5 Å². The molecule has 1 heterocycles. The third-order valence-electron chi connectivity index (χ3n) is 7.58. The van der Waals surface area contributed by atoms with Crippen molar-refractivity contribution in [3.63, 3.8) is 0 Å². The molecular weight excluding hydrogens is 404 g/mol. The van der Waals surface area contributed by atoms with E-state index in [0.717, 1.165) is 69.4 Å². The first-order chi connectivity index (χ1) is 15.5. The molecule has 1 aromatic carbocycles. The Hall–Kier alpha value is -1.99. The number of nitrogens with one attached hydrogen (secondary N) is 2. The highest BCUT2D eigenvalue weighted by atomic mass is 16.5. The second-order valence-electron chi connectivity index (χ2n) is 9.42. The van der Waals surface area contributed by atoms with Crippen LogP contribution in [0.15, 0.2) is 23.2 Å². The summed E-state index contributed by atoms with van der Waals surface area (Å²) in [5.41, 5.74) is 1.47. The van der Waals surface area contributed by atoms with Gasteiger partial charge in [-0.2, -0.15) is 0 Å². The molecule has 1 aromatic rings. The first-order valence-electron chi connectivity index (χ1n) is 11.9. The summed E-state index contributed by atoms with van der Waals surface area (Å²) in [5, 5.41) is 7.26. The van der Waals surface area contributed by atoms with Gasteiger partial charge in [0.1, 0.15) is 0 Å². The molecule has 0 atom stereocenters. The number of aliphatic imine (C=N–C) groups is 1. The lowest BCUT2D eigenvalue weighted by Crippen LogP contribution is -2.57. The molecule has 1 aliphatic carbocycles. The van der Waals surface area contributed by atoms with Gasteiger partial charge in [0.05, 0.1) is 14.2 Å². The maximum Gasteiger partial charge on any atom is 0.191 e. The maximum absolute atomic E-state index is 5.61. The van der Waals surface area contributed by atoms with Crippen LogP contribution in [0.25, 0.3) is 0 Å². The number of ether oxygens (including phenoxy) is 3. The van der Waals surface area contributed by atoms with Crippen molar-refractivity contribution < 1.29 is 14.2 Å². The molecule has 0 unspecified atom stereocenters. The number of likely N-dealkylation sites (N-methyl/N-ethyl adjacent to an activating group) is 1. The predicted octanol–water partition coefficient (Wildman–Crippen LogP) is 3.18. The molecule has 1 saturated carbocycles. The van der Waals surface area contributed by atoms with Gasteiger partial charge in [-0.15, -0.1) is 0 Å². The lowest BCUT2D eigenvalue weighted by molar-refractivity contribution is -0.00502. The summed E-state index contributed by atoms with van der Waals surface area (Å²) < 4.78 is 16.7. The van der Waals surface area contributed by atoms with Gasteiger partial charge in [0.15, 0.2) is 17.5 Å². The van der Waals surface area contributed by atoms with Gasteiger partial charge < -0.3 is 29.7 Å². The minimum atomic E-state index is 0.0628. The zero-order valence-electron chi connectivity index (χ0n) is 20.6. The SMILES string of the molecule is CN=C(NCC1(c2ccc(OC)c(OC)c2)CCCCC1)NCC1(N(C)C)CCOCC1. The maximum atomic E-state index is 5.61. The molecule has 3 rings (SSSR count). The molecule has 0 radical (unpaired) electrons. The summed E-state index contributed by atoms with van der Waals surface area (Å²) in [6.07, 6.45) is 8.16. The van der Waals surface area contributed by atoms with E-state index < -0.39 is 0 Å². The van der Waals surface area contributed by atoms with E-state index >= 15 is 0 Å². The summed E-state index contributed by atoms with van der Waals surface area (Å²) in [5.74, 6) is 2.44. The van der Waals surface area contributed by atoms with Crippen LogP contribution in [0, 0.1) is 0 Å². The molecule has 32 heavy (non-hydrogen) atoms. The minimum absolute atomic E-state index is 0.0628. The fourth-order valence-electron chi connectivity index (χ4n) is 5.22. The van der Waals surface area contributed by atoms with Crippen LogP contribution in [0.5, 0.6) is 11.5 Å².